The van der Waals surface area contributed by atoms with E-state index >= 15 is 0 Å². The number of ether oxygens (including phenoxy) is 1. The number of anilines is 1. The molecule has 0 radical (unpaired) electrons. The third-order valence-electron chi connectivity index (χ3n) is 2.57. The highest BCUT2D eigenvalue weighted by Gasteiger charge is 2.13. The van der Waals surface area contributed by atoms with Gasteiger partial charge in [-0.15, -0.1) is 0 Å². The van der Waals surface area contributed by atoms with E-state index in [9.17, 15) is 4.79 Å². The summed E-state index contributed by atoms with van der Waals surface area (Å²) in [5.74, 6) is 0. The monoisotopic (exact) mass is 302 g/mol. The van der Waals surface area contributed by atoms with Crippen LogP contribution < -0.4 is 11.0 Å². The molecule has 7 heteroatoms. The molecule has 1 saturated heterocycles. The molecule has 0 atom stereocenters. The lowest BCUT2D eigenvalue weighted by molar-refractivity contribution is 0.0496. The second-order valence-corrected chi connectivity index (χ2v) is 4.50. The Balaban J connectivity index is 2.15. The Kier molecular flexibility index (Phi) is 4.14. The van der Waals surface area contributed by atoms with Gasteiger partial charge in [0, 0.05) is 19.6 Å². The zero-order valence-corrected chi connectivity index (χ0v) is 11.2. The molecule has 0 aliphatic carbocycles. The highest BCUT2D eigenvalue weighted by Crippen LogP contribution is 2.17. The fourth-order valence-electron chi connectivity index (χ4n) is 1.61. The second kappa shape index (κ2) is 5.61. The molecule has 0 amide bonds. The Morgan fingerprint density at radius 1 is 1.53 bits per heavy atom. The van der Waals surface area contributed by atoms with Gasteiger partial charge in [0.2, 0.25) is 0 Å². The number of hydrogen-bond donors (Lipinski definition) is 1. The van der Waals surface area contributed by atoms with Crippen LogP contribution in [0.3, 0.4) is 0 Å². The van der Waals surface area contributed by atoms with Crippen molar-refractivity contribution in [3.63, 3.8) is 0 Å². The predicted molar refractivity (Wildman–Crippen MR) is 67.9 cm³/mol. The number of aromatic nitrogens is 2. The van der Waals surface area contributed by atoms with Gasteiger partial charge in [-0.2, -0.15) is 5.10 Å². The molecule has 0 aromatic carbocycles. The quantitative estimate of drug-likeness (QED) is 0.890. The highest BCUT2D eigenvalue weighted by atomic mass is 79.9. The van der Waals surface area contributed by atoms with Crippen molar-refractivity contribution < 1.29 is 4.74 Å². The molecule has 2 heterocycles. The molecule has 94 valence electrons. The molecule has 6 nitrogen and oxygen atoms in total. The summed E-state index contributed by atoms with van der Waals surface area (Å²) in [4.78, 5) is 11.8. The first-order valence-corrected chi connectivity index (χ1v) is 6.36. The van der Waals surface area contributed by atoms with Gasteiger partial charge in [-0.3, -0.25) is 4.79 Å². The maximum Gasteiger partial charge on any atom is 0.283 e. The maximum absolute atomic E-state index is 11.8. The van der Waals surface area contributed by atoms with Crippen LogP contribution in [0.4, 0.5) is 5.69 Å². The predicted octanol–water partition coefficient (Wildman–Crippen LogP) is 0.685. The average molecular weight is 303 g/mol. The molecule has 0 saturated carbocycles. The summed E-state index contributed by atoms with van der Waals surface area (Å²) >= 11 is 3.30. The third kappa shape index (κ3) is 2.85. The van der Waals surface area contributed by atoms with E-state index < -0.39 is 0 Å². The number of hydrazine groups is 1. The zero-order valence-electron chi connectivity index (χ0n) is 9.65. The van der Waals surface area contributed by atoms with Crippen molar-refractivity contribution in [3.8, 4) is 0 Å². The van der Waals surface area contributed by atoms with Crippen LogP contribution in [-0.2, 0) is 11.3 Å². The Morgan fingerprint density at radius 2 is 2.24 bits per heavy atom. The fraction of sp³-hybridized carbons (Fsp3) is 0.600. The first kappa shape index (κ1) is 12.5. The van der Waals surface area contributed by atoms with Crippen LogP contribution in [0.25, 0.3) is 0 Å². The molecule has 0 unspecified atom stereocenters. The second-order valence-electron chi connectivity index (χ2n) is 3.70. The zero-order chi connectivity index (χ0) is 12.3. The van der Waals surface area contributed by atoms with Gasteiger partial charge in [-0.25, -0.2) is 9.69 Å². The molecular formula is C10H15BrN4O2. The van der Waals surface area contributed by atoms with Crippen molar-refractivity contribution in [1.29, 1.82) is 0 Å². The van der Waals surface area contributed by atoms with Gasteiger partial charge in [0.15, 0.2) is 0 Å². The first-order chi connectivity index (χ1) is 8.22. The number of hydrogen-bond acceptors (Lipinski definition) is 5. The highest BCUT2D eigenvalue weighted by molar-refractivity contribution is 9.10. The van der Waals surface area contributed by atoms with Crippen molar-refractivity contribution in [2.75, 3.05) is 31.7 Å². The average Bonchev–Trinajstić information content (AvgIpc) is 2.37. The minimum atomic E-state index is -0.120. The van der Waals surface area contributed by atoms with Crippen LogP contribution in [-0.4, -0.2) is 41.1 Å². The Morgan fingerprint density at radius 3 is 2.88 bits per heavy atom. The molecule has 2 rings (SSSR count). The third-order valence-corrected chi connectivity index (χ3v) is 3.34. The van der Waals surface area contributed by atoms with E-state index in [0.29, 0.717) is 29.9 Å². The van der Waals surface area contributed by atoms with Crippen molar-refractivity contribution in [1.82, 2.24) is 14.8 Å². The van der Waals surface area contributed by atoms with E-state index in [4.69, 9.17) is 4.74 Å². The number of rotatable bonds is 3. The number of morpholine rings is 1. The molecule has 17 heavy (non-hydrogen) atoms. The molecule has 1 aliphatic heterocycles. The molecule has 1 aromatic heterocycles. The van der Waals surface area contributed by atoms with E-state index in [1.807, 2.05) is 11.9 Å². The molecule has 1 aliphatic rings. The lowest BCUT2D eigenvalue weighted by atomic mass is 10.4. The SMILES string of the molecule is CCn1ncc(NN2CCOCC2)c(Br)c1=O. The van der Waals surface area contributed by atoms with Gasteiger partial charge in [-0.1, -0.05) is 0 Å². The van der Waals surface area contributed by atoms with Crippen LogP contribution in [0.1, 0.15) is 6.92 Å². The van der Waals surface area contributed by atoms with Gasteiger partial charge >= 0.3 is 0 Å². The minimum absolute atomic E-state index is 0.120. The molecule has 1 N–H and O–H groups in total. The van der Waals surface area contributed by atoms with Crippen molar-refractivity contribution in [2.24, 2.45) is 0 Å². The van der Waals surface area contributed by atoms with E-state index in [0.717, 1.165) is 13.1 Å². The van der Waals surface area contributed by atoms with Gasteiger partial charge in [0.1, 0.15) is 4.47 Å². The Bertz CT molecular complexity index is 442. The molecule has 0 spiro atoms. The lowest BCUT2D eigenvalue weighted by Crippen LogP contribution is -2.40. The van der Waals surface area contributed by atoms with Crippen LogP contribution in [0, 0.1) is 0 Å². The van der Waals surface area contributed by atoms with Gasteiger partial charge < -0.3 is 10.2 Å². The van der Waals surface area contributed by atoms with E-state index in [1.165, 1.54) is 4.68 Å². The molecule has 0 bridgehead atoms. The van der Waals surface area contributed by atoms with Crippen LogP contribution >= 0.6 is 15.9 Å². The number of aryl methyl sites for hydroxylation is 1. The van der Waals surface area contributed by atoms with Crippen molar-refractivity contribution in [3.05, 3.63) is 21.0 Å². The molecule has 1 aromatic rings. The van der Waals surface area contributed by atoms with Crippen molar-refractivity contribution in [2.45, 2.75) is 13.5 Å². The Hall–Kier alpha value is -0.920. The smallest absolute Gasteiger partial charge is 0.283 e. The summed E-state index contributed by atoms with van der Waals surface area (Å²) in [7, 11) is 0. The summed E-state index contributed by atoms with van der Waals surface area (Å²) in [5, 5.41) is 6.09. The van der Waals surface area contributed by atoms with E-state index in [-0.39, 0.29) is 5.56 Å². The largest absolute Gasteiger partial charge is 0.379 e. The lowest BCUT2D eigenvalue weighted by Gasteiger charge is -2.28. The summed E-state index contributed by atoms with van der Waals surface area (Å²) in [6.07, 6.45) is 1.66. The van der Waals surface area contributed by atoms with E-state index in [2.05, 4.69) is 26.5 Å². The van der Waals surface area contributed by atoms with Crippen LogP contribution in [0.5, 0.6) is 0 Å². The van der Waals surface area contributed by atoms with Gasteiger partial charge in [-0.05, 0) is 22.9 Å². The number of nitrogens with zero attached hydrogens (tertiary/aromatic N) is 3. The number of nitrogens with one attached hydrogen (secondary N) is 1. The minimum Gasteiger partial charge on any atom is -0.379 e. The van der Waals surface area contributed by atoms with Gasteiger partial charge in [0.25, 0.3) is 5.56 Å². The normalized spacial score (nSPS) is 17.1. The molecule has 1 fully saturated rings. The van der Waals surface area contributed by atoms with E-state index in [1.54, 1.807) is 6.20 Å². The summed E-state index contributed by atoms with van der Waals surface area (Å²) in [5.41, 5.74) is 3.75. The number of halogens is 1. The summed E-state index contributed by atoms with van der Waals surface area (Å²) < 4.78 is 7.18. The summed E-state index contributed by atoms with van der Waals surface area (Å²) in [6, 6.07) is 0. The van der Waals surface area contributed by atoms with Crippen LogP contribution in [0.15, 0.2) is 15.5 Å². The fourth-order valence-corrected chi connectivity index (χ4v) is 2.01. The Labute approximate surface area is 108 Å². The van der Waals surface area contributed by atoms with Gasteiger partial charge in [0.05, 0.1) is 25.1 Å². The first-order valence-electron chi connectivity index (χ1n) is 5.57. The van der Waals surface area contributed by atoms with Crippen LogP contribution in [0.2, 0.25) is 0 Å². The van der Waals surface area contributed by atoms with Crippen molar-refractivity contribution >= 4 is 21.6 Å². The standard InChI is InChI=1S/C10H15BrN4O2/c1-2-15-10(16)9(11)8(7-12-15)13-14-3-5-17-6-4-14/h7,13H,2-6H2,1H3. The maximum atomic E-state index is 11.8. The molecular weight excluding hydrogens is 288 g/mol. The topological polar surface area (TPSA) is 59.4 Å². The summed E-state index contributed by atoms with van der Waals surface area (Å²) in [6.45, 7) is 5.44.